The lowest BCUT2D eigenvalue weighted by atomic mass is 10.2. The predicted molar refractivity (Wildman–Crippen MR) is 116 cm³/mol. The van der Waals surface area contributed by atoms with Gasteiger partial charge in [-0.25, -0.2) is 4.98 Å². The number of hydrogen-bond acceptors (Lipinski definition) is 5. The van der Waals surface area contributed by atoms with Crippen molar-refractivity contribution in [2.24, 2.45) is 0 Å². The summed E-state index contributed by atoms with van der Waals surface area (Å²) in [5, 5.41) is 4.07. The molecule has 8 heteroatoms. The number of fused-ring (bicyclic) bond motifs is 1. The van der Waals surface area contributed by atoms with Gasteiger partial charge in [-0.3, -0.25) is 14.2 Å². The van der Waals surface area contributed by atoms with Crippen LogP contribution in [-0.2, 0) is 17.9 Å². The Morgan fingerprint density at radius 3 is 2.64 bits per heavy atom. The summed E-state index contributed by atoms with van der Waals surface area (Å²) in [4.78, 5) is 34.3. The Kier molecular flexibility index (Phi) is 5.88. The van der Waals surface area contributed by atoms with Crippen molar-refractivity contribution in [3.05, 3.63) is 55.4 Å². The van der Waals surface area contributed by atoms with Gasteiger partial charge in [0.2, 0.25) is 5.91 Å². The van der Waals surface area contributed by atoms with Gasteiger partial charge >= 0.3 is 0 Å². The lowest BCUT2D eigenvalue weighted by Crippen LogP contribution is -2.33. The van der Waals surface area contributed by atoms with Gasteiger partial charge in [0.15, 0.2) is 0 Å². The molecule has 0 aliphatic rings. The average Bonchev–Trinajstić information content (AvgIpc) is 2.87. The molecule has 0 bridgehead atoms. The first-order valence-corrected chi connectivity index (χ1v) is 10.1. The van der Waals surface area contributed by atoms with Crippen molar-refractivity contribution in [3.8, 4) is 0 Å². The molecule has 0 radical (unpaired) electrons. The molecule has 2 aromatic heterocycles. The summed E-state index contributed by atoms with van der Waals surface area (Å²) in [6.07, 6.45) is 0. The van der Waals surface area contributed by atoms with Gasteiger partial charge in [0.25, 0.3) is 5.56 Å². The molecule has 0 fully saturated rings. The summed E-state index contributed by atoms with van der Waals surface area (Å²) < 4.78 is 1.47. The molecule has 1 N–H and O–H groups in total. The van der Waals surface area contributed by atoms with Crippen LogP contribution in [0.2, 0.25) is 5.02 Å². The zero-order valence-corrected chi connectivity index (χ0v) is 18.2. The van der Waals surface area contributed by atoms with Crippen LogP contribution in [0, 0.1) is 20.8 Å². The van der Waals surface area contributed by atoms with Gasteiger partial charge in [-0.1, -0.05) is 11.6 Å². The van der Waals surface area contributed by atoms with E-state index in [1.807, 2.05) is 39.8 Å². The van der Waals surface area contributed by atoms with Crippen molar-refractivity contribution < 1.29 is 4.79 Å². The highest BCUT2D eigenvalue weighted by atomic mass is 35.5. The second-order valence-corrected chi connectivity index (χ2v) is 8.77. The van der Waals surface area contributed by atoms with E-state index >= 15 is 0 Å². The highest BCUT2D eigenvalue weighted by Gasteiger charge is 2.19. The first-order chi connectivity index (χ1) is 13.2. The van der Waals surface area contributed by atoms with Gasteiger partial charge < -0.3 is 10.2 Å². The number of nitrogens with zero attached hydrogens (tertiary/aromatic N) is 3. The molecule has 0 atom stereocenters. The lowest BCUT2D eigenvalue weighted by molar-refractivity contribution is -0.116. The van der Waals surface area contributed by atoms with Gasteiger partial charge in [0.1, 0.15) is 17.2 Å². The maximum absolute atomic E-state index is 13.2. The molecule has 0 saturated heterocycles. The topological polar surface area (TPSA) is 67.2 Å². The number of rotatable bonds is 5. The van der Waals surface area contributed by atoms with E-state index in [1.54, 1.807) is 18.2 Å². The van der Waals surface area contributed by atoms with E-state index in [4.69, 9.17) is 11.6 Å². The molecule has 0 saturated carbocycles. The van der Waals surface area contributed by atoms with Gasteiger partial charge in [-0.2, -0.15) is 0 Å². The number of benzene rings is 1. The molecule has 0 aliphatic carbocycles. The maximum Gasteiger partial charge on any atom is 0.263 e. The fourth-order valence-electron chi connectivity index (χ4n) is 3.04. The Balaban J connectivity index is 2.00. The van der Waals surface area contributed by atoms with Crippen LogP contribution in [0.3, 0.4) is 0 Å². The van der Waals surface area contributed by atoms with E-state index in [1.165, 1.54) is 15.9 Å². The monoisotopic (exact) mass is 418 g/mol. The first-order valence-electron chi connectivity index (χ1n) is 8.87. The number of aryl methyl sites for hydroxylation is 3. The Hall–Kier alpha value is -2.22. The summed E-state index contributed by atoms with van der Waals surface area (Å²) in [6, 6.07) is 5.26. The minimum atomic E-state index is -0.279. The Morgan fingerprint density at radius 2 is 2.00 bits per heavy atom. The lowest BCUT2D eigenvalue weighted by Gasteiger charge is -2.16. The summed E-state index contributed by atoms with van der Waals surface area (Å²) in [5.74, 6) is 0.296. The van der Waals surface area contributed by atoms with Gasteiger partial charge in [0, 0.05) is 15.6 Å². The second kappa shape index (κ2) is 8.03. The summed E-state index contributed by atoms with van der Waals surface area (Å²) in [5.41, 5.74) is 2.29. The van der Waals surface area contributed by atoms with Gasteiger partial charge in [-0.15, -0.1) is 11.3 Å². The predicted octanol–water partition coefficient (Wildman–Crippen LogP) is 3.74. The number of anilines is 1. The first kappa shape index (κ1) is 20.5. The number of amides is 1. The molecule has 1 amide bonds. The van der Waals surface area contributed by atoms with Gasteiger partial charge in [0.05, 0.1) is 11.9 Å². The molecule has 6 nitrogen and oxygen atoms in total. The molecule has 3 rings (SSSR count). The molecule has 0 aliphatic heterocycles. The Labute approximate surface area is 172 Å². The normalized spacial score (nSPS) is 11.4. The number of carbonyl (C=O) groups is 1. The highest BCUT2D eigenvalue weighted by molar-refractivity contribution is 7.18. The zero-order valence-electron chi connectivity index (χ0n) is 16.6. The van der Waals surface area contributed by atoms with E-state index in [-0.39, 0.29) is 18.0 Å². The SMILES string of the molecule is Cc1cc(Cl)ccc1NC(=O)Cn1c(CN(C)C)nc2sc(C)c(C)c2c1=O. The molecule has 1 aromatic carbocycles. The van der Waals surface area contributed by atoms with Gasteiger partial charge in [-0.05, 0) is 64.2 Å². The summed E-state index contributed by atoms with van der Waals surface area (Å²) in [6.45, 7) is 6.14. The van der Waals surface area contributed by atoms with Crippen LogP contribution in [0.5, 0.6) is 0 Å². The van der Waals surface area contributed by atoms with Crippen molar-refractivity contribution >= 4 is 44.7 Å². The third-order valence-corrected chi connectivity index (χ3v) is 5.93. The fraction of sp³-hybridized carbons (Fsp3) is 0.350. The number of hydrogen-bond donors (Lipinski definition) is 1. The zero-order chi connectivity index (χ0) is 20.6. The second-order valence-electron chi connectivity index (χ2n) is 7.13. The molecule has 2 heterocycles. The van der Waals surface area contributed by atoms with E-state index < -0.39 is 0 Å². The van der Waals surface area contributed by atoms with Crippen LogP contribution in [0.15, 0.2) is 23.0 Å². The number of carbonyl (C=O) groups excluding carboxylic acids is 1. The fourth-order valence-corrected chi connectivity index (χ4v) is 4.30. The quantitative estimate of drug-likeness (QED) is 0.685. The van der Waals surface area contributed by atoms with E-state index in [0.29, 0.717) is 28.5 Å². The number of halogens is 1. The Bertz CT molecular complexity index is 1120. The van der Waals surface area contributed by atoms with E-state index in [0.717, 1.165) is 20.8 Å². The number of thiophene rings is 1. The van der Waals surface area contributed by atoms with Crippen molar-refractivity contribution in [1.29, 1.82) is 0 Å². The van der Waals surface area contributed by atoms with Crippen LogP contribution in [0.25, 0.3) is 10.2 Å². The average molecular weight is 419 g/mol. The molecule has 28 heavy (non-hydrogen) atoms. The number of nitrogens with one attached hydrogen (secondary N) is 1. The molecule has 0 spiro atoms. The number of aromatic nitrogens is 2. The molecule has 148 valence electrons. The Morgan fingerprint density at radius 1 is 1.29 bits per heavy atom. The minimum absolute atomic E-state index is 0.0959. The van der Waals surface area contributed by atoms with Crippen molar-refractivity contribution in [1.82, 2.24) is 14.5 Å². The van der Waals surface area contributed by atoms with E-state index in [2.05, 4.69) is 10.3 Å². The van der Waals surface area contributed by atoms with Crippen LogP contribution < -0.4 is 10.9 Å². The highest BCUT2D eigenvalue weighted by Crippen LogP contribution is 2.26. The van der Waals surface area contributed by atoms with Crippen LogP contribution >= 0.6 is 22.9 Å². The molecule has 3 aromatic rings. The minimum Gasteiger partial charge on any atom is -0.324 e. The van der Waals surface area contributed by atoms with E-state index in [9.17, 15) is 9.59 Å². The van der Waals surface area contributed by atoms with Crippen LogP contribution in [0.4, 0.5) is 5.69 Å². The standard InChI is InChI=1S/C20H23ClN4O2S/c1-11-8-14(21)6-7-15(11)22-17(26)10-25-16(9-24(4)5)23-19-18(20(25)27)12(2)13(3)28-19/h6-8H,9-10H2,1-5H3,(H,22,26). The van der Waals surface area contributed by atoms with Crippen LogP contribution in [-0.4, -0.2) is 34.5 Å². The smallest absolute Gasteiger partial charge is 0.263 e. The summed E-state index contributed by atoms with van der Waals surface area (Å²) >= 11 is 7.49. The van der Waals surface area contributed by atoms with Crippen LogP contribution in [0.1, 0.15) is 21.8 Å². The third-order valence-electron chi connectivity index (χ3n) is 4.59. The summed E-state index contributed by atoms with van der Waals surface area (Å²) in [7, 11) is 3.81. The maximum atomic E-state index is 13.2. The largest absolute Gasteiger partial charge is 0.324 e. The van der Waals surface area contributed by atoms with Crippen molar-refractivity contribution in [2.45, 2.75) is 33.9 Å². The third kappa shape index (κ3) is 4.11. The molecular weight excluding hydrogens is 396 g/mol. The molecule has 0 unspecified atom stereocenters. The molecular formula is C20H23ClN4O2S. The van der Waals surface area contributed by atoms with Crippen molar-refractivity contribution in [2.75, 3.05) is 19.4 Å². The van der Waals surface area contributed by atoms with Crippen molar-refractivity contribution in [3.63, 3.8) is 0 Å².